The first-order valence-electron chi connectivity index (χ1n) is 9.54. The molecule has 1 aliphatic rings. The maximum absolute atomic E-state index is 13.1. The molecule has 0 spiro atoms. The van der Waals surface area contributed by atoms with Gasteiger partial charge >= 0.3 is 5.97 Å². The van der Waals surface area contributed by atoms with Crippen LogP contribution in [0.15, 0.2) is 30.3 Å². The Morgan fingerprint density at radius 2 is 1.61 bits per heavy atom. The summed E-state index contributed by atoms with van der Waals surface area (Å²) in [6.07, 6.45) is 0.454. The maximum Gasteiger partial charge on any atom is 0.330 e. The van der Waals surface area contributed by atoms with Crippen molar-refractivity contribution >= 4 is 11.9 Å². The molecule has 28 heavy (non-hydrogen) atoms. The first kappa shape index (κ1) is 19.9. The van der Waals surface area contributed by atoms with Crippen molar-refractivity contribution in [1.29, 1.82) is 0 Å². The molecule has 2 aromatic rings. The van der Waals surface area contributed by atoms with Crippen molar-refractivity contribution < 1.29 is 19.4 Å². The number of carboxylic acids is 1. The molecule has 0 fully saturated rings. The van der Waals surface area contributed by atoms with Gasteiger partial charge < -0.3 is 15.2 Å². The Bertz CT molecular complexity index is 915. The molecule has 0 unspecified atom stereocenters. The summed E-state index contributed by atoms with van der Waals surface area (Å²) in [5, 5.41) is 12.8. The molecule has 1 aliphatic carbocycles. The van der Waals surface area contributed by atoms with E-state index in [1.807, 2.05) is 52.8 Å². The lowest BCUT2D eigenvalue weighted by Crippen LogP contribution is -2.55. The largest absolute Gasteiger partial charge is 0.490 e. The van der Waals surface area contributed by atoms with Crippen LogP contribution in [0.3, 0.4) is 0 Å². The number of amides is 1. The molecule has 0 aliphatic heterocycles. The Morgan fingerprint density at radius 1 is 1.04 bits per heavy atom. The molecule has 5 nitrogen and oxygen atoms in total. The Balaban J connectivity index is 1.94. The van der Waals surface area contributed by atoms with Gasteiger partial charge in [-0.05, 0) is 68.5 Å². The van der Waals surface area contributed by atoms with Crippen LogP contribution < -0.4 is 10.1 Å². The second-order valence-electron chi connectivity index (χ2n) is 8.02. The summed E-state index contributed by atoms with van der Waals surface area (Å²) in [6, 6.07) is 9.38. The van der Waals surface area contributed by atoms with Crippen molar-refractivity contribution in [2.24, 2.45) is 0 Å². The minimum Gasteiger partial charge on any atom is -0.490 e. The number of benzene rings is 2. The lowest BCUT2D eigenvalue weighted by Gasteiger charge is -2.26. The molecule has 0 radical (unpaired) electrons. The third kappa shape index (κ3) is 3.61. The van der Waals surface area contributed by atoms with Gasteiger partial charge in [-0.15, -0.1) is 0 Å². The maximum atomic E-state index is 13.1. The highest BCUT2D eigenvalue weighted by Gasteiger charge is 2.46. The summed E-state index contributed by atoms with van der Waals surface area (Å²) in [6.45, 7) is 9.68. The highest BCUT2D eigenvalue weighted by atomic mass is 16.5. The molecular formula is C23H27NO4. The van der Waals surface area contributed by atoms with Gasteiger partial charge in [-0.2, -0.15) is 0 Å². The highest BCUT2D eigenvalue weighted by molar-refractivity contribution is 6.00. The van der Waals surface area contributed by atoms with Crippen molar-refractivity contribution in [3.63, 3.8) is 0 Å². The van der Waals surface area contributed by atoms with Gasteiger partial charge in [0.1, 0.15) is 11.3 Å². The molecule has 1 amide bonds. The van der Waals surface area contributed by atoms with Crippen LogP contribution >= 0.6 is 0 Å². The average molecular weight is 381 g/mol. The summed E-state index contributed by atoms with van der Waals surface area (Å²) in [7, 11) is 0. The Kier molecular flexibility index (Phi) is 5.20. The SMILES string of the molecule is Cc1cc2c(cc1C)CC(NC(=O)c1cccc(C)c1OC(C)C)(C(=O)O)C2. The van der Waals surface area contributed by atoms with Gasteiger partial charge in [0.25, 0.3) is 5.91 Å². The topological polar surface area (TPSA) is 75.6 Å². The van der Waals surface area contributed by atoms with Crippen molar-refractivity contribution in [3.05, 3.63) is 63.7 Å². The molecule has 0 heterocycles. The molecule has 2 aromatic carbocycles. The number of hydrogen-bond acceptors (Lipinski definition) is 3. The summed E-state index contributed by atoms with van der Waals surface area (Å²) >= 11 is 0. The number of nitrogens with one attached hydrogen (secondary N) is 1. The molecule has 3 rings (SSSR count). The van der Waals surface area contributed by atoms with Crippen LogP contribution in [0.4, 0.5) is 0 Å². The number of hydrogen-bond donors (Lipinski definition) is 2. The van der Waals surface area contributed by atoms with E-state index in [9.17, 15) is 14.7 Å². The summed E-state index contributed by atoms with van der Waals surface area (Å²) in [5.41, 5.74) is 4.06. The highest BCUT2D eigenvalue weighted by Crippen LogP contribution is 2.33. The number of aryl methyl sites for hydroxylation is 3. The van der Waals surface area contributed by atoms with E-state index in [1.54, 1.807) is 12.1 Å². The van der Waals surface area contributed by atoms with Crippen LogP contribution in [-0.4, -0.2) is 28.6 Å². The molecule has 0 atom stereocenters. The molecule has 0 bridgehead atoms. The van der Waals surface area contributed by atoms with Crippen LogP contribution in [0.25, 0.3) is 0 Å². The second kappa shape index (κ2) is 7.30. The zero-order valence-corrected chi connectivity index (χ0v) is 17.1. The zero-order chi connectivity index (χ0) is 20.6. The van der Waals surface area contributed by atoms with Crippen molar-refractivity contribution in [3.8, 4) is 5.75 Å². The fourth-order valence-electron chi connectivity index (χ4n) is 3.78. The van der Waals surface area contributed by atoms with Crippen LogP contribution in [-0.2, 0) is 17.6 Å². The Labute approximate surface area is 165 Å². The third-order valence-corrected chi connectivity index (χ3v) is 5.37. The minimum absolute atomic E-state index is 0.0947. The lowest BCUT2D eigenvalue weighted by atomic mass is 9.94. The molecule has 0 saturated carbocycles. The van der Waals surface area contributed by atoms with Crippen LogP contribution in [0, 0.1) is 20.8 Å². The zero-order valence-electron chi connectivity index (χ0n) is 17.1. The lowest BCUT2D eigenvalue weighted by molar-refractivity contribution is -0.144. The van der Waals surface area contributed by atoms with E-state index in [0.29, 0.717) is 11.3 Å². The van der Waals surface area contributed by atoms with Gasteiger partial charge in [0.2, 0.25) is 0 Å². The standard InChI is InChI=1S/C23H27NO4/c1-13(2)28-20-14(3)7-6-8-19(20)21(25)24-23(22(26)27)11-17-9-15(4)16(5)10-18(17)12-23/h6-10,13H,11-12H2,1-5H3,(H,24,25)(H,26,27). The number of carbonyl (C=O) groups is 2. The number of fused-ring (bicyclic) bond motifs is 1. The van der Waals surface area contributed by atoms with Gasteiger partial charge in [0.05, 0.1) is 11.7 Å². The number of rotatable bonds is 5. The number of carboxylic acid groups (broad SMARTS) is 1. The monoisotopic (exact) mass is 381 g/mol. The van der Waals surface area contributed by atoms with Crippen LogP contribution in [0.5, 0.6) is 5.75 Å². The molecular weight excluding hydrogens is 354 g/mol. The van der Waals surface area contributed by atoms with E-state index < -0.39 is 17.4 Å². The Hall–Kier alpha value is -2.82. The van der Waals surface area contributed by atoms with Gasteiger partial charge in [-0.1, -0.05) is 24.3 Å². The van der Waals surface area contributed by atoms with Crippen molar-refractivity contribution in [2.45, 2.75) is 59.1 Å². The minimum atomic E-state index is -1.35. The first-order valence-corrected chi connectivity index (χ1v) is 9.54. The first-order chi connectivity index (χ1) is 13.1. The van der Waals surface area contributed by atoms with Gasteiger partial charge in [-0.25, -0.2) is 4.79 Å². The number of ether oxygens (including phenoxy) is 1. The summed E-state index contributed by atoms with van der Waals surface area (Å²) in [4.78, 5) is 25.3. The molecule has 0 saturated heterocycles. The van der Waals surface area contributed by atoms with Crippen LogP contribution in [0.1, 0.15) is 52.0 Å². The summed E-state index contributed by atoms with van der Waals surface area (Å²) in [5.74, 6) is -0.952. The fourth-order valence-corrected chi connectivity index (χ4v) is 3.78. The van der Waals surface area contributed by atoms with E-state index in [1.165, 1.54) is 0 Å². The quantitative estimate of drug-likeness (QED) is 0.827. The van der Waals surface area contributed by atoms with Gasteiger partial charge in [-0.3, -0.25) is 4.79 Å². The van der Waals surface area contributed by atoms with E-state index in [0.717, 1.165) is 27.8 Å². The fraction of sp³-hybridized carbons (Fsp3) is 0.391. The normalized spacial score (nSPS) is 14.6. The molecule has 5 heteroatoms. The third-order valence-electron chi connectivity index (χ3n) is 5.37. The van der Waals surface area contributed by atoms with Crippen molar-refractivity contribution in [2.75, 3.05) is 0 Å². The van der Waals surface area contributed by atoms with E-state index in [-0.39, 0.29) is 18.9 Å². The molecule has 0 aromatic heterocycles. The number of para-hydroxylation sites is 1. The van der Waals surface area contributed by atoms with Gasteiger partial charge in [0.15, 0.2) is 0 Å². The van der Waals surface area contributed by atoms with Gasteiger partial charge in [0, 0.05) is 12.8 Å². The predicted octanol–water partition coefficient (Wildman–Crippen LogP) is 3.75. The number of aliphatic carboxylic acids is 1. The Morgan fingerprint density at radius 3 is 2.11 bits per heavy atom. The summed E-state index contributed by atoms with van der Waals surface area (Å²) < 4.78 is 5.84. The average Bonchev–Trinajstić information content (AvgIpc) is 2.95. The predicted molar refractivity (Wildman–Crippen MR) is 108 cm³/mol. The molecule has 148 valence electrons. The van der Waals surface area contributed by atoms with E-state index in [2.05, 4.69) is 5.32 Å². The van der Waals surface area contributed by atoms with E-state index in [4.69, 9.17) is 4.74 Å². The van der Waals surface area contributed by atoms with Crippen LogP contribution in [0.2, 0.25) is 0 Å². The molecule has 2 N–H and O–H groups in total. The smallest absolute Gasteiger partial charge is 0.330 e. The second-order valence-corrected chi connectivity index (χ2v) is 8.02. The van der Waals surface area contributed by atoms with Crippen molar-refractivity contribution in [1.82, 2.24) is 5.32 Å². The van der Waals surface area contributed by atoms with E-state index >= 15 is 0 Å². The number of carbonyl (C=O) groups excluding carboxylic acids is 1.